The number of hydrogen-bond donors (Lipinski definition) is 3. The first-order valence-electron chi connectivity index (χ1n) is 11.4. The average molecular weight is 564 g/mol. The molecule has 4 rings (SSSR count). The number of benzene rings is 1. The van der Waals surface area contributed by atoms with E-state index >= 15 is 0 Å². The van der Waals surface area contributed by atoms with Crippen LogP contribution in [0.1, 0.15) is 33.7 Å². The molecule has 1 aromatic heterocycles. The second-order valence-electron chi connectivity index (χ2n) is 8.32. The van der Waals surface area contributed by atoms with E-state index in [9.17, 15) is 24.3 Å². The van der Waals surface area contributed by atoms with Crippen LogP contribution in [0.15, 0.2) is 45.9 Å². The van der Waals surface area contributed by atoms with Gasteiger partial charge in [0.25, 0.3) is 11.8 Å². The van der Waals surface area contributed by atoms with Crippen molar-refractivity contribution in [1.82, 2.24) is 15.5 Å². The topological polar surface area (TPSA) is 129 Å². The molecule has 0 spiro atoms. The van der Waals surface area contributed by atoms with Crippen LogP contribution in [0.25, 0.3) is 6.08 Å². The summed E-state index contributed by atoms with van der Waals surface area (Å²) >= 11 is 14.3. The van der Waals surface area contributed by atoms with E-state index in [1.165, 1.54) is 24.1 Å². The Hall–Kier alpha value is -3.21. The largest absolute Gasteiger partial charge is 0.480 e. The first kappa shape index (κ1) is 26.8. The maximum atomic E-state index is 13.0. The van der Waals surface area contributed by atoms with Gasteiger partial charge in [0.15, 0.2) is 0 Å². The van der Waals surface area contributed by atoms with Gasteiger partial charge in [-0.2, -0.15) is 0 Å². The van der Waals surface area contributed by atoms with Crippen LogP contribution in [-0.2, 0) is 27.3 Å². The highest BCUT2D eigenvalue weighted by molar-refractivity contribution is 8.04. The molecule has 0 radical (unpaired) electrons. The maximum Gasteiger partial charge on any atom is 0.328 e. The lowest BCUT2D eigenvalue weighted by atomic mass is 9.96. The van der Waals surface area contributed by atoms with Crippen molar-refractivity contribution in [1.29, 1.82) is 0 Å². The molecule has 3 N–H and O–H groups in total. The molecule has 2 aromatic rings. The molecule has 9 nitrogen and oxygen atoms in total. The van der Waals surface area contributed by atoms with Gasteiger partial charge in [0.05, 0.1) is 26.8 Å². The van der Waals surface area contributed by atoms with Crippen LogP contribution in [0, 0.1) is 0 Å². The van der Waals surface area contributed by atoms with Crippen molar-refractivity contribution in [3.63, 3.8) is 0 Å². The third-order valence-electron chi connectivity index (χ3n) is 5.88. The first-order chi connectivity index (χ1) is 17.7. The highest BCUT2D eigenvalue weighted by Crippen LogP contribution is 2.34. The van der Waals surface area contributed by atoms with Crippen LogP contribution in [-0.4, -0.2) is 58.6 Å². The second kappa shape index (κ2) is 11.9. The molecule has 37 heavy (non-hydrogen) atoms. The molecule has 0 fully saturated rings. The third-order valence-corrected chi connectivity index (χ3v) is 7.69. The van der Waals surface area contributed by atoms with Gasteiger partial charge in [-0.15, -0.1) is 11.8 Å². The van der Waals surface area contributed by atoms with E-state index in [0.29, 0.717) is 34.8 Å². The molecule has 0 bridgehead atoms. The van der Waals surface area contributed by atoms with E-state index in [-0.39, 0.29) is 40.5 Å². The first-order valence-corrected chi connectivity index (χ1v) is 13.1. The number of nitrogens with zero attached hydrogens (tertiary/aromatic N) is 1. The summed E-state index contributed by atoms with van der Waals surface area (Å²) in [6.45, 7) is 0.310. The zero-order chi connectivity index (χ0) is 26.5. The number of thioether (sulfide) groups is 1. The number of allylic oxidation sites excluding steroid dienone is 1. The summed E-state index contributed by atoms with van der Waals surface area (Å²) in [4.78, 5) is 51.7. The smallest absolute Gasteiger partial charge is 0.328 e. The molecule has 3 amide bonds. The lowest BCUT2D eigenvalue weighted by Gasteiger charge is -2.29. The van der Waals surface area contributed by atoms with Crippen LogP contribution in [0.2, 0.25) is 10.0 Å². The van der Waals surface area contributed by atoms with E-state index in [1.807, 2.05) is 0 Å². The van der Waals surface area contributed by atoms with Crippen molar-refractivity contribution in [3.05, 3.63) is 74.0 Å². The van der Waals surface area contributed by atoms with Gasteiger partial charge >= 0.3 is 5.97 Å². The number of nitrogens with one attached hydrogen (secondary N) is 2. The normalized spacial score (nSPS) is 15.7. The SMILES string of the molecule is O=C(NC[C@H](NC(=O)c1c(Cl)cc2c(c1Cl)CCN(C(=O)/C=C/c1ccco1)C2)C(=O)O)C1=CCCS1. The molecule has 194 valence electrons. The van der Waals surface area contributed by atoms with Gasteiger partial charge in [-0.05, 0) is 48.2 Å². The Labute approximate surface area is 226 Å². The van der Waals surface area contributed by atoms with Crippen molar-refractivity contribution in [2.24, 2.45) is 0 Å². The Kier molecular flexibility index (Phi) is 8.63. The van der Waals surface area contributed by atoms with Gasteiger partial charge in [-0.1, -0.05) is 29.3 Å². The van der Waals surface area contributed by atoms with Crippen LogP contribution in [0.4, 0.5) is 0 Å². The van der Waals surface area contributed by atoms with E-state index < -0.39 is 17.9 Å². The van der Waals surface area contributed by atoms with Gasteiger partial charge in [-0.3, -0.25) is 14.4 Å². The minimum Gasteiger partial charge on any atom is -0.480 e. The number of carboxylic acids is 1. The molecule has 1 aromatic carbocycles. The Morgan fingerprint density at radius 1 is 1.24 bits per heavy atom. The Morgan fingerprint density at radius 3 is 2.73 bits per heavy atom. The molecule has 0 aliphatic carbocycles. The number of hydrogen-bond acceptors (Lipinski definition) is 6. The van der Waals surface area contributed by atoms with Crippen molar-refractivity contribution < 1.29 is 28.7 Å². The van der Waals surface area contributed by atoms with Crippen molar-refractivity contribution in [3.8, 4) is 0 Å². The number of fused-ring (bicyclic) bond motifs is 1. The minimum absolute atomic E-state index is 0.0300. The minimum atomic E-state index is -1.39. The summed E-state index contributed by atoms with van der Waals surface area (Å²) in [6, 6.07) is 3.63. The molecule has 3 heterocycles. The van der Waals surface area contributed by atoms with Gasteiger partial charge in [0.2, 0.25) is 5.91 Å². The van der Waals surface area contributed by atoms with E-state index in [2.05, 4.69) is 10.6 Å². The molecule has 12 heteroatoms. The number of amides is 3. The molecule has 0 saturated carbocycles. The standard InChI is InChI=1S/C25H23Cl2N3O6S/c26-17-11-14-13-30(20(31)6-5-15-3-1-9-36-15)8-7-16(14)22(27)21(17)24(33)29-18(25(34)35)12-28-23(32)19-4-2-10-37-19/h1,3-6,9,11,18H,2,7-8,10,12-13H2,(H,28,32)(H,29,33)(H,34,35)/b6-5+/t18-/m0/s1. The molecule has 2 aliphatic heterocycles. The van der Waals surface area contributed by atoms with Gasteiger partial charge < -0.3 is 25.1 Å². The van der Waals surface area contributed by atoms with Crippen LogP contribution in [0.3, 0.4) is 0 Å². The van der Waals surface area contributed by atoms with E-state index in [0.717, 1.165) is 12.2 Å². The number of carboxylic acid groups (broad SMARTS) is 1. The highest BCUT2D eigenvalue weighted by Gasteiger charge is 2.29. The molecular weight excluding hydrogens is 541 g/mol. The number of furan rings is 1. The summed E-state index contributed by atoms with van der Waals surface area (Å²) < 4.78 is 5.20. The zero-order valence-electron chi connectivity index (χ0n) is 19.5. The maximum absolute atomic E-state index is 13.0. The third kappa shape index (κ3) is 6.38. The molecule has 1 atom stereocenters. The van der Waals surface area contributed by atoms with Gasteiger partial charge in [0, 0.05) is 31.5 Å². The Bertz CT molecular complexity index is 1290. The summed E-state index contributed by atoms with van der Waals surface area (Å²) in [7, 11) is 0. The van der Waals surface area contributed by atoms with Crippen LogP contribution < -0.4 is 10.6 Å². The predicted molar refractivity (Wildman–Crippen MR) is 140 cm³/mol. The Morgan fingerprint density at radius 2 is 2.05 bits per heavy atom. The molecule has 0 unspecified atom stereocenters. The van der Waals surface area contributed by atoms with Gasteiger partial charge in [-0.25, -0.2) is 4.79 Å². The number of aliphatic carboxylic acids is 1. The molecular formula is C25H23Cl2N3O6S. The van der Waals surface area contributed by atoms with Crippen molar-refractivity contribution >= 4 is 64.7 Å². The summed E-state index contributed by atoms with van der Waals surface area (Å²) in [5.41, 5.74) is 1.31. The van der Waals surface area contributed by atoms with Crippen molar-refractivity contribution in [2.75, 3.05) is 18.8 Å². The summed E-state index contributed by atoms with van der Waals surface area (Å²) in [5, 5.41) is 14.6. The monoisotopic (exact) mass is 563 g/mol. The Balaban J connectivity index is 1.44. The fourth-order valence-corrected chi connectivity index (χ4v) is 5.64. The van der Waals surface area contributed by atoms with Crippen LogP contribution >= 0.6 is 35.0 Å². The van der Waals surface area contributed by atoms with E-state index in [4.69, 9.17) is 27.6 Å². The number of carbonyl (C=O) groups excluding carboxylic acids is 3. The quantitative estimate of drug-likeness (QED) is 0.419. The average Bonchev–Trinajstić information content (AvgIpc) is 3.59. The molecule has 2 aliphatic rings. The predicted octanol–water partition coefficient (Wildman–Crippen LogP) is 3.50. The van der Waals surface area contributed by atoms with Crippen molar-refractivity contribution in [2.45, 2.75) is 25.4 Å². The summed E-state index contributed by atoms with van der Waals surface area (Å²) in [6.07, 6.45) is 7.45. The number of halogens is 2. The second-order valence-corrected chi connectivity index (χ2v) is 10.2. The van der Waals surface area contributed by atoms with Gasteiger partial charge in [0.1, 0.15) is 11.8 Å². The molecule has 0 saturated heterocycles. The fourth-order valence-electron chi connectivity index (χ4n) is 3.98. The van der Waals surface area contributed by atoms with Crippen LogP contribution in [0.5, 0.6) is 0 Å². The lowest BCUT2D eigenvalue weighted by Crippen LogP contribution is -2.48. The highest BCUT2D eigenvalue weighted by atomic mass is 35.5. The summed E-state index contributed by atoms with van der Waals surface area (Å²) in [5.74, 6) is -1.33. The zero-order valence-corrected chi connectivity index (χ0v) is 21.8. The van der Waals surface area contributed by atoms with E-state index in [1.54, 1.807) is 35.3 Å². The fraction of sp³-hybridized carbons (Fsp3) is 0.280. The number of rotatable bonds is 8. The lowest BCUT2D eigenvalue weighted by molar-refractivity contribution is -0.139. The number of carbonyl (C=O) groups is 4.